The molecule has 0 aromatic heterocycles. The highest BCUT2D eigenvalue weighted by atomic mass is 32.2. The van der Waals surface area contributed by atoms with E-state index in [4.69, 9.17) is 5.14 Å². The summed E-state index contributed by atoms with van der Waals surface area (Å²) in [5.74, 6) is -1.28. The third-order valence-electron chi connectivity index (χ3n) is 3.31. The highest BCUT2D eigenvalue weighted by Crippen LogP contribution is 2.22. The molecule has 1 aliphatic heterocycles. The summed E-state index contributed by atoms with van der Waals surface area (Å²) in [7, 11) is -3.96. The first-order valence-corrected chi connectivity index (χ1v) is 7.48. The van der Waals surface area contributed by atoms with E-state index in [1.54, 1.807) is 4.90 Å². The molecule has 0 bridgehead atoms. The number of benzene rings is 1. The van der Waals surface area contributed by atoms with Gasteiger partial charge in [-0.2, -0.15) is 0 Å². The van der Waals surface area contributed by atoms with Crippen molar-refractivity contribution >= 4 is 15.9 Å². The van der Waals surface area contributed by atoms with E-state index >= 15 is 0 Å². The Morgan fingerprint density at radius 2 is 2.16 bits per heavy atom. The zero-order chi connectivity index (χ0) is 14.2. The second-order valence-corrected chi connectivity index (χ2v) is 6.24. The molecule has 7 heteroatoms. The van der Waals surface area contributed by atoms with Gasteiger partial charge in [-0.1, -0.05) is 0 Å². The lowest BCUT2D eigenvalue weighted by atomic mass is 10.1. The predicted molar refractivity (Wildman–Crippen MR) is 67.5 cm³/mol. The molecule has 1 aromatic rings. The van der Waals surface area contributed by atoms with Gasteiger partial charge >= 0.3 is 0 Å². The average molecular weight is 286 g/mol. The minimum Gasteiger partial charge on any atom is -0.336 e. The number of amides is 1. The molecular formula is C12H15FN2O3S. The topological polar surface area (TPSA) is 80.5 Å². The van der Waals surface area contributed by atoms with Crippen molar-refractivity contribution in [1.82, 2.24) is 4.90 Å². The van der Waals surface area contributed by atoms with Crippen molar-refractivity contribution in [3.8, 4) is 0 Å². The lowest BCUT2D eigenvalue weighted by Gasteiger charge is -2.21. The number of nitrogens with zero attached hydrogens (tertiary/aromatic N) is 1. The second kappa shape index (κ2) is 4.90. The maximum Gasteiger partial charge on any atom is 0.257 e. The summed E-state index contributed by atoms with van der Waals surface area (Å²) in [5, 5.41) is 4.91. The Bertz CT molecular complexity index is 615. The van der Waals surface area contributed by atoms with Gasteiger partial charge in [0.2, 0.25) is 10.0 Å². The Kier molecular flexibility index (Phi) is 3.60. The molecule has 0 saturated carbocycles. The molecule has 5 nitrogen and oxygen atoms in total. The van der Waals surface area contributed by atoms with Crippen molar-refractivity contribution in [3.63, 3.8) is 0 Å². The first-order chi connectivity index (χ1) is 8.80. The zero-order valence-electron chi connectivity index (χ0n) is 10.5. The number of primary sulfonamides is 1. The molecule has 1 unspecified atom stereocenters. The van der Waals surface area contributed by atoms with E-state index in [0.717, 1.165) is 25.0 Å². The summed E-state index contributed by atoms with van der Waals surface area (Å²) < 4.78 is 36.0. The van der Waals surface area contributed by atoms with Gasteiger partial charge in [-0.05, 0) is 38.0 Å². The van der Waals surface area contributed by atoms with Crippen LogP contribution < -0.4 is 5.14 Å². The lowest BCUT2D eigenvalue weighted by Crippen LogP contribution is -2.34. The Labute approximate surface area is 111 Å². The van der Waals surface area contributed by atoms with Crippen LogP contribution in [0.25, 0.3) is 0 Å². The Morgan fingerprint density at radius 3 is 2.63 bits per heavy atom. The second-order valence-electron chi connectivity index (χ2n) is 4.68. The number of rotatable bonds is 2. The molecule has 0 radical (unpaired) electrons. The molecule has 1 aromatic carbocycles. The number of halogens is 1. The van der Waals surface area contributed by atoms with Gasteiger partial charge in [-0.3, -0.25) is 4.79 Å². The molecule has 0 aliphatic carbocycles. The minimum atomic E-state index is -3.96. The highest BCUT2D eigenvalue weighted by Gasteiger charge is 2.28. The number of sulfonamides is 1. The van der Waals surface area contributed by atoms with Crippen LogP contribution in [0.4, 0.5) is 4.39 Å². The Hall–Kier alpha value is -1.47. The summed E-state index contributed by atoms with van der Waals surface area (Å²) in [5.41, 5.74) is -0.124. The van der Waals surface area contributed by atoms with Crippen molar-refractivity contribution in [2.75, 3.05) is 6.54 Å². The lowest BCUT2D eigenvalue weighted by molar-refractivity contribution is 0.0742. The van der Waals surface area contributed by atoms with Gasteiger partial charge in [0, 0.05) is 12.6 Å². The fraction of sp³-hybridized carbons (Fsp3) is 0.417. The van der Waals surface area contributed by atoms with E-state index < -0.39 is 21.7 Å². The molecule has 1 atom stereocenters. The average Bonchev–Trinajstić information content (AvgIpc) is 2.73. The van der Waals surface area contributed by atoms with Crippen molar-refractivity contribution in [3.05, 3.63) is 29.6 Å². The summed E-state index contributed by atoms with van der Waals surface area (Å²) in [6.45, 7) is 2.50. The normalized spacial score (nSPS) is 19.7. The van der Waals surface area contributed by atoms with E-state index in [1.165, 1.54) is 6.07 Å². The number of hydrogen-bond donors (Lipinski definition) is 1. The van der Waals surface area contributed by atoms with E-state index in [-0.39, 0.29) is 16.5 Å². The molecule has 1 saturated heterocycles. The minimum absolute atomic E-state index is 0.0739. The standard InChI is InChI=1S/C12H15FN2O3S/c1-8-3-2-6-15(8)12(16)10-5-4-9(7-11(10)13)19(14,17)18/h4-5,7-8H,2-3,6H2,1H3,(H2,14,17,18). The smallest absolute Gasteiger partial charge is 0.257 e. The Morgan fingerprint density at radius 1 is 1.47 bits per heavy atom. The van der Waals surface area contributed by atoms with Crippen molar-refractivity contribution in [2.45, 2.75) is 30.7 Å². The van der Waals surface area contributed by atoms with Crippen molar-refractivity contribution in [1.29, 1.82) is 0 Å². The molecule has 19 heavy (non-hydrogen) atoms. The first-order valence-electron chi connectivity index (χ1n) is 5.94. The monoisotopic (exact) mass is 286 g/mol. The van der Waals surface area contributed by atoms with Gasteiger partial charge in [0.15, 0.2) is 0 Å². The predicted octanol–water partition coefficient (Wildman–Crippen LogP) is 1.10. The number of carbonyl (C=O) groups excluding carboxylic acids is 1. The van der Waals surface area contributed by atoms with Crippen LogP contribution in [0.5, 0.6) is 0 Å². The molecule has 104 valence electrons. The largest absolute Gasteiger partial charge is 0.336 e. The van der Waals surface area contributed by atoms with Crippen LogP contribution in [0.15, 0.2) is 23.1 Å². The fourth-order valence-electron chi connectivity index (χ4n) is 2.24. The van der Waals surface area contributed by atoms with Crippen LogP contribution in [-0.2, 0) is 10.0 Å². The SMILES string of the molecule is CC1CCCN1C(=O)c1ccc(S(N)(=O)=O)cc1F. The maximum absolute atomic E-state index is 13.8. The van der Waals surface area contributed by atoms with Gasteiger partial charge in [0.1, 0.15) is 5.82 Å². The summed E-state index contributed by atoms with van der Waals surface area (Å²) >= 11 is 0. The van der Waals surface area contributed by atoms with Crippen molar-refractivity contribution < 1.29 is 17.6 Å². The van der Waals surface area contributed by atoms with E-state index in [2.05, 4.69) is 0 Å². The third kappa shape index (κ3) is 2.76. The molecule has 1 amide bonds. The zero-order valence-corrected chi connectivity index (χ0v) is 11.3. The van der Waals surface area contributed by atoms with Crippen LogP contribution in [0.1, 0.15) is 30.1 Å². The van der Waals surface area contributed by atoms with Crippen LogP contribution in [-0.4, -0.2) is 31.8 Å². The molecule has 1 aliphatic rings. The van der Waals surface area contributed by atoms with Crippen LogP contribution >= 0.6 is 0 Å². The van der Waals surface area contributed by atoms with E-state index in [9.17, 15) is 17.6 Å². The van der Waals surface area contributed by atoms with Gasteiger partial charge < -0.3 is 4.90 Å². The number of carbonyl (C=O) groups is 1. The molecular weight excluding hydrogens is 271 g/mol. The fourth-order valence-corrected chi connectivity index (χ4v) is 2.76. The molecule has 1 heterocycles. The number of likely N-dealkylation sites (tertiary alicyclic amines) is 1. The van der Waals surface area contributed by atoms with Gasteiger partial charge in [0.25, 0.3) is 5.91 Å². The van der Waals surface area contributed by atoms with Gasteiger partial charge in [-0.25, -0.2) is 17.9 Å². The molecule has 2 rings (SSSR count). The Balaban J connectivity index is 2.34. The van der Waals surface area contributed by atoms with Crippen molar-refractivity contribution in [2.24, 2.45) is 5.14 Å². The van der Waals surface area contributed by atoms with Crippen LogP contribution in [0, 0.1) is 5.82 Å². The summed E-state index contributed by atoms with van der Waals surface area (Å²) in [6.07, 6.45) is 1.78. The summed E-state index contributed by atoms with van der Waals surface area (Å²) in [6, 6.07) is 3.17. The molecule has 1 fully saturated rings. The highest BCUT2D eigenvalue weighted by molar-refractivity contribution is 7.89. The van der Waals surface area contributed by atoms with Crippen LogP contribution in [0.2, 0.25) is 0 Å². The number of nitrogens with two attached hydrogens (primary N) is 1. The van der Waals surface area contributed by atoms with E-state index in [0.29, 0.717) is 6.54 Å². The van der Waals surface area contributed by atoms with Gasteiger partial charge in [0.05, 0.1) is 10.5 Å². The maximum atomic E-state index is 13.8. The van der Waals surface area contributed by atoms with Crippen LogP contribution in [0.3, 0.4) is 0 Å². The first kappa shape index (κ1) is 14.0. The molecule has 2 N–H and O–H groups in total. The molecule has 0 spiro atoms. The number of hydrogen-bond acceptors (Lipinski definition) is 3. The third-order valence-corrected chi connectivity index (χ3v) is 4.22. The van der Waals surface area contributed by atoms with Gasteiger partial charge in [-0.15, -0.1) is 0 Å². The summed E-state index contributed by atoms with van der Waals surface area (Å²) in [4.78, 5) is 13.4. The van der Waals surface area contributed by atoms with E-state index in [1.807, 2.05) is 6.92 Å². The quantitative estimate of drug-likeness (QED) is 0.884.